The normalized spacial score (nSPS) is 19.3. The molecule has 3 rings (SSSR count). The second-order valence-electron chi connectivity index (χ2n) is 5.76. The van der Waals surface area contributed by atoms with E-state index in [-0.39, 0.29) is 0 Å². The van der Waals surface area contributed by atoms with E-state index >= 15 is 0 Å². The van der Waals surface area contributed by atoms with Gasteiger partial charge in [0.25, 0.3) is 17.4 Å². The van der Waals surface area contributed by atoms with Gasteiger partial charge in [0.2, 0.25) is 0 Å². The van der Waals surface area contributed by atoms with E-state index in [1.165, 1.54) is 6.92 Å². The van der Waals surface area contributed by atoms with E-state index in [0.29, 0.717) is 18.0 Å². The molecule has 1 atom stereocenters. The second-order valence-corrected chi connectivity index (χ2v) is 5.76. The highest BCUT2D eigenvalue weighted by Crippen LogP contribution is 2.34. The number of rotatable bonds is 3. The number of nitrogens with one attached hydrogen (secondary N) is 2. The highest BCUT2D eigenvalue weighted by Gasteiger charge is 2.47. The third-order valence-electron chi connectivity index (χ3n) is 3.86. The molecule has 2 amide bonds. The Balaban J connectivity index is 1.77. The lowest BCUT2D eigenvalue weighted by molar-refractivity contribution is -0.146. The van der Waals surface area contributed by atoms with Gasteiger partial charge in [-0.15, -0.1) is 0 Å². The summed E-state index contributed by atoms with van der Waals surface area (Å²) in [5, 5.41) is 5.50. The molecule has 1 aliphatic heterocycles. The van der Waals surface area contributed by atoms with E-state index in [2.05, 4.69) is 10.6 Å². The quantitative estimate of drug-likeness (QED) is 0.856. The molecule has 5 heteroatoms. The molecular formula is C18H18N2O3. The first-order valence-electron chi connectivity index (χ1n) is 7.42. The molecule has 1 aliphatic rings. The Hall–Kier alpha value is -2.82. The summed E-state index contributed by atoms with van der Waals surface area (Å²) in [6.45, 7) is 3.74. The molecule has 2 aromatic carbocycles. The first-order chi connectivity index (χ1) is 11.0. The molecule has 23 heavy (non-hydrogen) atoms. The van der Waals surface area contributed by atoms with Gasteiger partial charge in [0.05, 0.1) is 5.69 Å². The molecule has 0 radical (unpaired) electrons. The van der Waals surface area contributed by atoms with E-state index < -0.39 is 17.4 Å². The molecule has 0 aliphatic carbocycles. The number of benzene rings is 2. The lowest BCUT2D eigenvalue weighted by Crippen LogP contribution is -2.58. The zero-order valence-corrected chi connectivity index (χ0v) is 13.1. The highest BCUT2D eigenvalue weighted by atomic mass is 16.5. The van der Waals surface area contributed by atoms with E-state index in [0.717, 1.165) is 11.1 Å². The maximum atomic E-state index is 12.5. The number of carbonyl (C=O) groups excluding carboxylic acids is 2. The Bertz CT molecular complexity index is 758. The Morgan fingerprint density at radius 1 is 1.22 bits per heavy atom. The van der Waals surface area contributed by atoms with Crippen LogP contribution in [0.15, 0.2) is 48.5 Å². The van der Waals surface area contributed by atoms with Crippen molar-refractivity contribution in [1.29, 1.82) is 0 Å². The summed E-state index contributed by atoms with van der Waals surface area (Å²) in [7, 11) is 0. The average Bonchev–Trinajstić information content (AvgIpc) is 2.55. The summed E-state index contributed by atoms with van der Waals surface area (Å²) < 4.78 is 5.71. The van der Waals surface area contributed by atoms with E-state index in [1.54, 1.807) is 6.07 Å². The van der Waals surface area contributed by atoms with E-state index in [4.69, 9.17) is 4.74 Å². The third-order valence-corrected chi connectivity index (χ3v) is 3.86. The van der Waals surface area contributed by atoms with Gasteiger partial charge in [-0.1, -0.05) is 36.4 Å². The number of hydrogen-bond donors (Lipinski definition) is 2. The van der Waals surface area contributed by atoms with Gasteiger partial charge in [-0.25, -0.2) is 0 Å². The van der Waals surface area contributed by atoms with E-state index in [9.17, 15) is 9.59 Å². The molecule has 118 valence electrons. The largest absolute Gasteiger partial charge is 0.466 e. The van der Waals surface area contributed by atoms with Gasteiger partial charge in [-0.2, -0.15) is 0 Å². The molecular weight excluding hydrogens is 292 g/mol. The average molecular weight is 310 g/mol. The standard InChI is InChI=1S/C18H18N2O3/c1-12-8-9-15-14(10-12)20-17(22)18(2,23-15)16(21)19-11-13-6-4-3-5-7-13/h3-10H,11H2,1-2H3,(H,19,21)(H,20,22)/t18-/m1/s1. The van der Waals surface area contributed by atoms with Gasteiger partial charge in [0.15, 0.2) is 0 Å². The Morgan fingerprint density at radius 3 is 2.70 bits per heavy atom. The van der Waals surface area contributed by atoms with Crippen molar-refractivity contribution in [2.24, 2.45) is 0 Å². The van der Waals surface area contributed by atoms with Crippen LogP contribution in [0.4, 0.5) is 5.69 Å². The summed E-state index contributed by atoms with van der Waals surface area (Å²) in [4.78, 5) is 24.8. The Labute approximate surface area is 134 Å². The van der Waals surface area contributed by atoms with Gasteiger partial charge in [0.1, 0.15) is 5.75 Å². The third kappa shape index (κ3) is 2.90. The number of hydrogen-bond acceptors (Lipinski definition) is 3. The van der Waals surface area contributed by atoms with Crippen LogP contribution < -0.4 is 15.4 Å². The summed E-state index contributed by atoms with van der Waals surface area (Å²) in [5.41, 5.74) is 0.960. The van der Waals surface area contributed by atoms with Crippen LogP contribution in [0.5, 0.6) is 5.75 Å². The van der Waals surface area contributed by atoms with Crippen LogP contribution in [-0.2, 0) is 16.1 Å². The minimum Gasteiger partial charge on any atom is -0.466 e. The monoisotopic (exact) mass is 310 g/mol. The molecule has 0 fully saturated rings. The van der Waals surface area contributed by atoms with Crippen molar-refractivity contribution in [3.63, 3.8) is 0 Å². The van der Waals surface area contributed by atoms with Crippen molar-refractivity contribution in [3.8, 4) is 5.75 Å². The van der Waals surface area contributed by atoms with Crippen molar-refractivity contribution in [2.45, 2.75) is 26.0 Å². The van der Waals surface area contributed by atoms with Crippen LogP contribution >= 0.6 is 0 Å². The van der Waals surface area contributed by atoms with Crippen LogP contribution in [0.3, 0.4) is 0 Å². The lowest BCUT2D eigenvalue weighted by atomic mass is 10.0. The highest BCUT2D eigenvalue weighted by molar-refractivity contribution is 6.15. The van der Waals surface area contributed by atoms with Crippen LogP contribution in [0.2, 0.25) is 0 Å². The molecule has 0 unspecified atom stereocenters. The SMILES string of the molecule is Cc1ccc2c(c1)NC(=O)[C@@](C)(C(=O)NCc1ccccc1)O2. The molecule has 0 spiro atoms. The fraction of sp³-hybridized carbons (Fsp3) is 0.222. The maximum Gasteiger partial charge on any atom is 0.278 e. The van der Waals surface area contributed by atoms with Crippen molar-refractivity contribution in [1.82, 2.24) is 5.32 Å². The summed E-state index contributed by atoms with van der Waals surface area (Å²) in [6.07, 6.45) is 0. The molecule has 1 heterocycles. The minimum absolute atomic E-state index is 0.340. The van der Waals surface area contributed by atoms with Crippen LogP contribution in [-0.4, -0.2) is 17.4 Å². The molecule has 0 saturated carbocycles. The fourth-order valence-electron chi connectivity index (χ4n) is 2.43. The summed E-state index contributed by atoms with van der Waals surface area (Å²) >= 11 is 0. The molecule has 5 nitrogen and oxygen atoms in total. The first-order valence-corrected chi connectivity index (χ1v) is 7.42. The summed E-state index contributed by atoms with van der Waals surface area (Å²) in [5.74, 6) is -0.446. The van der Waals surface area contributed by atoms with Crippen LogP contribution in [0.25, 0.3) is 0 Å². The fourth-order valence-corrected chi connectivity index (χ4v) is 2.43. The molecule has 2 N–H and O–H groups in total. The molecule has 0 aromatic heterocycles. The molecule has 0 bridgehead atoms. The topological polar surface area (TPSA) is 67.4 Å². The zero-order chi connectivity index (χ0) is 16.4. The number of amides is 2. The van der Waals surface area contributed by atoms with Gasteiger partial charge in [-0.3, -0.25) is 9.59 Å². The van der Waals surface area contributed by atoms with Gasteiger partial charge < -0.3 is 15.4 Å². The van der Waals surface area contributed by atoms with Gasteiger partial charge in [-0.05, 0) is 37.1 Å². The number of ether oxygens (including phenoxy) is 1. The van der Waals surface area contributed by atoms with Gasteiger partial charge >= 0.3 is 0 Å². The van der Waals surface area contributed by atoms with Gasteiger partial charge in [0, 0.05) is 6.54 Å². The zero-order valence-electron chi connectivity index (χ0n) is 13.1. The van der Waals surface area contributed by atoms with Crippen molar-refractivity contribution in [2.75, 3.05) is 5.32 Å². The maximum absolute atomic E-state index is 12.5. The molecule has 0 saturated heterocycles. The Morgan fingerprint density at radius 2 is 1.96 bits per heavy atom. The smallest absolute Gasteiger partial charge is 0.278 e. The molecule has 2 aromatic rings. The van der Waals surface area contributed by atoms with E-state index in [1.807, 2.05) is 49.4 Å². The van der Waals surface area contributed by atoms with Crippen LogP contribution in [0.1, 0.15) is 18.1 Å². The minimum atomic E-state index is -1.59. The predicted octanol–water partition coefficient (Wildman–Crippen LogP) is 2.40. The number of carbonyl (C=O) groups is 2. The number of anilines is 1. The number of fused-ring (bicyclic) bond motifs is 1. The van der Waals surface area contributed by atoms with Crippen molar-refractivity contribution in [3.05, 3.63) is 59.7 Å². The Kier molecular flexibility index (Phi) is 3.78. The second kappa shape index (κ2) is 5.76. The van der Waals surface area contributed by atoms with Crippen molar-refractivity contribution >= 4 is 17.5 Å². The van der Waals surface area contributed by atoms with Crippen LogP contribution in [0, 0.1) is 6.92 Å². The first kappa shape index (κ1) is 15.1. The predicted molar refractivity (Wildman–Crippen MR) is 87.1 cm³/mol. The summed E-state index contributed by atoms with van der Waals surface area (Å²) in [6, 6.07) is 14.9. The van der Waals surface area contributed by atoms with Crippen molar-refractivity contribution < 1.29 is 14.3 Å². The lowest BCUT2D eigenvalue weighted by Gasteiger charge is -2.33. The number of aryl methyl sites for hydroxylation is 1.